The summed E-state index contributed by atoms with van der Waals surface area (Å²) >= 11 is 0. The third kappa shape index (κ3) is 0.897. The summed E-state index contributed by atoms with van der Waals surface area (Å²) in [6.45, 7) is 0.885. The van der Waals surface area contributed by atoms with E-state index >= 15 is 0 Å². The van der Waals surface area contributed by atoms with Crippen LogP contribution in [-0.2, 0) is 13.0 Å². The third-order valence-electron chi connectivity index (χ3n) is 3.04. The van der Waals surface area contributed by atoms with E-state index < -0.39 is 4.92 Å². The standard InChI is InChI=1S/C8H9N3O2/c12-11(13)7-3-6-4-8(1-2-8)5-10(6)9-7/h3H,1-2,4-5H2. The summed E-state index contributed by atoms with van der Waals surface area (Å²) in [4.78, 5) is 9.99. The van der Waals surface area contributed by atoms with E-state index in [1.54, 1.807) is 10.7 Å². The summed E-state index contributed by atoms with van der Waals surface area (Å²) in [6.07, 6.45) is 3.49. The molecule has 1 fully saturated rings. The lowest BCUT2D eigenvalue weighted by Crippen LogP contribution is -2.04. The van der Waals surface area contributed by atoms with E-state index in [2.05, 4.69) is 5.10 Å². The van der Waals surface area contributed by atoms with E-state index in [4.69, 9.17) is 0 Å². The van der Waals surface area contributed by atoms with Gasteiger partial charge in [0, 0.05) is 0 Å². The van der Waals surface area contributed by atoms with Crippen LogP contribution in [0.5, 0.6) is 0 Å². The van der Waals surface area contributed by atoms with Crippen molar-refractivity contribution in [3.05, 3.63) is 21.9 Å². The molecule has 5 heteroatoms. The summed E-state index contributed by atoms with van der Waals surface area (Å²) in [5, 5.41) is 14.4. The third-order valence-corrected chi connectivity index (χ3v) is 3.04. The molecular formula is C8H9N3O2. The van der Waals surface area contributed by atoms with Gasteiger partial charge in [0.15, 0.2) is 0 Å². The maximum atomic E-state index is 10.4. The Morgan fingerprint density at radius 3 is 2.92 bits per heavy atom. The number of aromatic nitrogens is 2. The number of nitrogens with zero attached hydrogens (tertiary/aromatic N) is 3. The molecule has 0 aromatic carbocycles. The van der Waals surface area contributed by atoms with E-state index in [0.717, 1.165) is 18.7 Å². The number of fused-ring (bicyclic) bond motifs is 1. The molecule has 1 saturated carbocycles. The molecule has 1 aliphatic heterocycles. The molecule has 0 bridgehead atoms. The zero-order valence-electron chi connectivity index (χ0n) is 7.06. The molecule has 1 aliphatic carbocycles. The average Bonchev–Trinajstić information content (AvgIpc) is 2.49. The Hall–Kier alpha value is -1.39. The van der Waals surface area contributed by atoms with Crippen molar-refractivity contribution < 1.29 is 4.92 Å². The van der Waals surface area contributed by atoms with Crippen molar-refractivity contribution in [1.29, 1.82) is 0 Å². The maximum absolute atomic E-state index is 10.4. The zero-order chi connectivity index (χ0) is 9.05. The highest BCUT2D eigenvalue weighted by Gasteiger charge is 2.49. The second kappa shape index (κ2) is 1.92. The number of nitro groups is 1. The smallest absolute Gasteiger partial charge is 0.358 e. The van der Waals surface area contributed by atoms with Gasteiger partial charge in [0.2, 0.25) is 0 Å². The van der Waals surface area contributed by atoms with Gasteiger partial charge in [0.05, 0.1) is 23.4 Å². The molecule has 1 spiro atoms. The van der Waals surface area contributed by atoms with Gasteiger partial charge < -0.3 is 10.1 Å². The molecule has 0 saturated heterocycles. The molecular weight excluding hydrogens is 170 g/mol. The normalized spacial score (nSPS) is 21.8. The van der Waals surface area contributed by atoms with Gasteiger partial charge in [-0.2, -0.15) is 4.68 Å². The lowest BCUT2D eigenvalue weighted by Gasteiger charge is -1.98. The monoisotopic (exact) mass is 179 g/mol. The fourth-order valence-corrected chi connectivity index (χ4v) is 2.08. The molecule has 3 rings (SSSR count). The zero-order valence-corrected chi connectivity index (χ0v) is 7.06. The van der Waals surface area contributed by atoms with Crippen LogP contribution < -0.4 is 0 Å². The Kier molecular flexibility index (Phi) is 1.04. The molecule has 5 nitrogen and oxygen atoms in total. The van der Waals surface area contributed by atoms with Crippen molar-refractivity contribution in [3.63, 3.8) is 0 Å². The van der Waals surface area contributed by atoms with Crippen LogP contribution in [0.3, 0.4) is 0 Å². The molecule has 2 heterocycles. The SMILES string of the molecule is O=[N+]([O-])c1cc2n(n1)CC1(CC1)C2. The molecule has 0 N–H and O–H groups in total. The van der Waals surface area contributed by atoms with Gasteiger partial charge >= 0.3 is 5.82 Å². The van der Waals surface area contributed by atoms with E-state index in [1.165, 1.54) is 12.8 Å². The lowest BCUT2D eigenvalue weighted by atomic mass is 10.1. The first kappa shape index (κ1) is 7.06. The Balaban J connectivity index is 1.97. The van der Waals surface area contributed by atoms with Crippen LogP contribution in [0.2, 0.25) is 0 Å². The van der Waals surface area contributed by atoms with E-state index in [-0.39, 0.29) is 5.82 Å². The van der Waals surface area contributed by atoms with Crippen molar-refractivity contribution in [3.8, 4) is 0 Å². The minimum Gasteiger partial charge on any atom is -0.358 e. The highest BCUT2D eigenvalue weighted by Crippen LogP contribution is 2.53. The molecule has 1 aromatic rings. The van der Waals surface area contributed by atoms with Crippen LogP contribution >= 0.6 is 0 Å². The van der Waals surface area contributed by atoms with Gasteiger partial charge in [0.25, 0.3) is 0 Å². The molecule has 68 valence electrons. The maximum Gasteiger partial charge on any atom is 0.390 e. The minimum absolute atomic E-state index is 0.00880. The molecule has 0 atom stereocenters. The fraction of sp³-hybridized carbons (Fsp3) is 0.625. The van der Waals surface area contributed by atoms with E-state index in [9.17, 15) is 10.1 Å². The number of rotatable bonds is 1. The lowest BCUT2D eigenvalue weighted by molar-refractivity contribution is -0.389. The second-order valence-electron chi connectivity index (χ2n) is 4.09. The Morgan fingerprint density at radius 2 is 2.38 bits per heavy atom. The highest BCUT2D eigenvalue weighted by molar-refractivity contribution is 5.27. The van der Waals surface area contributed by atoms with Crippen molar-refractivity contribution in [2.45, 2.75) is 25.8 Å². The van der Waals surface area contributed by atoms with Crippen LogP contribution in [0.15, 0.2) is 6.07 Å². The summed E-state index contributed by atoms with van der Waals surface area (Å²) in [5.41, 5.74) is 1.47. The predicted octanol–water partition coefficient (Wildman–Crippen LogP) is 1.13. The first-order chi connectivity index (χ1) is 6.19. The second-order valence-corrected chi connectivity index (χ2v) is 4.09. The summed E-state index contributed by atoms with van der Waals surface area (Å²) in [6, 6.07) is 1.60. The van der Waals surface area contributed by atoms with Crippen LogP contribution in [0.4, 0.5) is 5.82 Å². The minimum atomic E-state index is -0.426. The Bertz CT molecular complexity index is 367. The van der Waals surface area contributed by atoms with Crippen molar-refractivity contribution in [1.82, 2.24) is 9.78 Å². The average molecular weight is 179 g/mol. The first-order valence-electron chi connectivity index (χ1n) is 4.40. The topological polar surface area (TPSA) is 61.0 Å². The van der Waals surface area contributed by atoms with Crippen LogP contribution in [0.25, 0.3) is 0 Å². The number of hydrogen-bond acceptors (Lipinski definition) is 3. The molecule has 2 aliphatic rings. The highest BCUT2D eigenvalue weighted by atomic mass is 16.6. The van der Waals surface area contributed by atoms with Crippen molar-refractivity contribution >= 4 is 5.82 Å². The van der Waals surface area contributed by atoms with Gasteiger partial charge in [0.1, 0.15) is 0 Å². The van der Waals surface area contributed by atoms with Gasteiger partial charge in [-0.15, -0.1) is 0 Å². The van der Waals surface area contributed by atoms with Crippen LogP contribution in [0.1, 0.15) is 18.5 Å². The summed E-state index contributed by atoms with van der Waals surface area (Å²) < 4.78 is 1.80. The molecule has 1 aromatic heterocycles. The van der Waals surface area contributed by atoms with Crippen LogP contribution in [-0.4, -0.2) is 14.7 Å². The van der Waals surface area contributed by atoms with Crippen molar-refractivity contribution in [2.75, 3.05) is 0 Å². The number of hydrogen-bond donors (Lipinski definition) is 0. The van der Waals surface area contributed by atoms with E-state index in [0.29, 0.717) is 5.41 Å². The van der Waals surface area contributed by atoms with Crippen molar-refractivity contribution in [2.24, 2.45) is 5.41 Å². The quantitative estimate of drug-likeness (QED) is 0.479. The Morgan fingerprint density at radius 1 is 1.62 bits per heavy atom. The molecule has 13 heavy (non-hydrogen) atoms. The first-order valence-corrected chi connectivity index (χ1v) is 4.40. The summed E-state index contributed by atoms with van der Waals surface area (Å²) in [5.74, 6) is -0.00880. The van der Waals surface area contributed by atoms with Gasteiger partial charge in [-0.05, 0) is 29.6 Å². The predicted molar refractivity (Wildman–Crippen MR) is 44.3 cm³/mol. The van der Waals surface area contributed by atoms with Gasteiger partial charge in [-0.3, -0.25) is 0 Å². The summed E-state index contributed by atoms with van der Waals surface area (Å²) in [7, 11) is 0. The molecule has 0 unspecified atom stereocenters. The largest absolute Gasteiger partial charge is 0.390 e. The molecule has 0 radical (unpaired) electrons. The molecule has 0 amide bonds. The van der Waals surface area contributed by atoms with Crippen LogP contribution in [0, 0.1) is 15.5 Å². The Labute approximate surface area is 74.5 Å². The van der Waals surface area contributed by atoms with Gasteiger partial charge in [-0.1, -0.05) is 0 Å². The van der Waals surface area contributed by atoms with E-state index in [1.807, 2.05) is 0 Å². The fourth-order valence-electron chi connectivity index (χ4n) is 2.08. The van der Waals surface area contributed by atoms with Gasteiger partial charge in [-0.25, -0.2) is 0 Å².